The van der Waals surface area contributed by atoms with Gasteiger partial charge in [0.2, 0.25) is 17.7 Å². The van der Waals surface area contributed by atoms with Gasteiger partial charge >= 0.3 is 0 Å². The number of carbonyl (C=O) groups is 1. The summed E-state index contributed by atoms with van der Waals surface area (Å²) >= 11 is 0. The zero-order chi connectivity index (χ0) is 21.6. The van der Waals surface area contributed by atoms with Gasteiger partial charge in [0.25, 0.3) is 0 Å². The smallest absolute Gasteiger partial charge is 0.223 e. The minimum atomic E-state index is 0.185. The Morgan fingerprint density at radius 1 is 1.26 bits per heavy atom. The van der Waals surface area contributed by atoms with Crippen LogP contribution in [0.25, 0.3) is 5.57 Å². The predicted molar refractivity (Wildman–Crippen MR) is 117 cm³/mol. The molecular formula is C22H25N7O2. The summed E-state index contributed by atoms with van der Waals surface area (Å²) in [6.45, 7) is 4.00. The highest BCUT2D eigenvalue weighted by atomic mass is 16.5. The first-order valence-corrected chi connectivity index (χ1v) is 10.4. The van der Waals surface area contributed by atoms with E-state index in [4.69, 9.17) is 4.74 Å². The fraction of sp³-hybridized carbons (Fsp3) is 0.364. The van der Waals surface area contributed by atoms with Crippen molar-refractivity contribution in [1.29, 1.82) is 5.26 Å². The van der Waals surface area contributed by atoms with E-state index in [2.05, 4.69) is 38.6 Å². The van der Waals surface area contributed by atoms with Crippen molar-refractivity contribution in [2.75, 3.05) is 50.4 Å². The number of anilines is 2. The van der Waals surface area contributed by atoms with E-state index < -0.39 is 0 Å². The normalized spacial score (nSPS) is 17.2. The number of rotatable bonds is 6. The van der Waals surface area contributed by atoms with Gasteiger partial charge in [-0.2, -0.15) is 5.26 Å². The van der Waals surface area contributed by atoms with Crippen molar-refractivity contribution in [3.05, 3.63) is 48.1 Å². The molecule has 0 bridgehead atoms. The number of nitrogens with one attached hydrogen (secondary N) is 2. The standard InChI is InChI=1S/C22H25N7O2/c1-28-11-13-29(14-12-28)20(30)7-4-9-24-22-25-10-8-17(27-22)16(15-23)21-26-18-5-2-3-6-19(18)31-21/h2-3,5-6,8,10,26H,4,7,9,11-14H2,1H3,(H,24,25,27)/b21-16-. The number of carbonyl (C=O) groups excluding carboxylic acids is 1. The molecule has 0 unspecified atom stereocenters. The Balaban J connectivity index is 1.33. The molecule has 1 fully saturated rings. The molecule has 1 aromatic heterocycles. The fourth-order valence-corrected chi connectivity index (χ4v) is 3.49. The van der Waals surface area contributed by atoms with Gasteiger partial charge in [-0.15, -0.1) is 0 Å². The second kappa shape index (κ2) is 9.45. The molecule has 9 heteroatoms. The van der Waals surface area contributed by atoms with E-state index in [0.29, 0.717) is 48.2 Å². The van der Waals surface area contributed by atoms with E-state index in [0.717, 1.165) is 31.9 Å². The predicted octanol–water partition coefficient (Wildman–Crippen LogP) is 2.14. The third-order valence-electron chi connectivity index (χ3n) is 5.30. The molecule has 1 aromatic carbocycles. The van der Waals surface area contributed by atoms with Crippen LogP contribution in [-0.2, 0) is 4.79 Å². The molecule has 2 aromatic rings. The van der Waals surface area contributed by atoms with Crippen molar-refractivity contribution in [2.24, 2.45) is 0 Å². The molecule has 0 radical (unpaired) electrons. The van der Waals surface area contributed by atoms with Crippen molar-refractivity contribution in [3.63, 3.8) is 0 Å². The lowest BCUT2D eigenvalue weighted by molar-refractivity contribution is -0.132. The van der Waals surface area contributed by atoms with Crippen LogP contribution in [0.3, 0.4) is 0 Å². The van der Waals surface area contributed by atoms with Gasteiger partial charge in [0, 0.05) is 45.3 Å². The van der Waals surface area contributed by atoms with E-state index in [1.807, 2.05) is 29.2 Å². The van der Waals surface area contributed by atoms with Gasteiger partial charge in [-0.25, -0.2) is 9.97 Å². The lowest BCUT2D eigenvalue weighted by atomic mass is 10.2. The van der Waals surface area contributed by atoms with Gasteiger partial charge in [0.15, 0.2) is 5.75 Å². The molecule has 3 heterocycles. The van der Waals surface area contributed by atoms with Crippen molar-refractivity contribution in [1.82, 2.24) is 19.8 Å². The lowest BCUT2D eigenvalue weighted by Crippen LogP contribution is -2.47. The van der Waals surface area contributed by atoms with Crippen LogP contribution >= 0.6 is 0 Å². The Bertz CT molecular complexity index is 996. The number of amides is 1. The molecule has 0 aliphatic carbocycles. The van der Waals surface area contributed by atoms with Crippen molar-refractivity contribution >= 4 is 23.1 Å². The Hall–Kier alpha value is -3.64. The zero-order valence-corrected chi connectivity index (χ0v) is 17.5. The first kappa shape index (κ1) is 20.6. The van der Waals surface area contributed by atoms with Gasteiger partial charge in [-0.3, -0.25) is 4.79 Å². The Morgan fingerprint density at radius 3 is 2.84 bits per heavy atom. The third-order valence-corrected chi connectivity index (χ3v) is 5.30. The summed E-state index contributed by atoms with van der Waals surface area (Å²) in [6, 6.07) is 11.3. The number of benzene rings is 1. The molecule has 2 aliphatic rings. The van der Waals surface area contributed by atoms with Crippen LogP contribution < -0.4 is 15.4 Å². The quantitative estimate of drug-likeness (QED) is 0.542. The number of nitrogens with zero attached hydrogens (tertiary/aromatic N) is 5. The number of hydrogen-bond acceptors (Lipinski definition) is 8. The van der Waals surface area contributed by atoms with E-state index in [9.17, 15) is 10.1 Å². The molecule has 1 saturated heterocycles. The highest BCUT2D eigenvalue weighted by Gasteiger charge is 2.22. The molecular weight excluding hydrogens is 394 g/mol. The first-order chi connectivity index (χ1) is 15.1. The molecule has 0 saturated carbocycles. The fourth-order valence-electron chi connectivity index (χ4n) is 3.49. The maximum atomic E-state index is 12.3. The number of aromatic nitrogens is 2. The van der Waals surface area contributed by atoms with Crippen LogP contribution in [0.1, 0.15) is 18.5 Å². The van der Waals surface area contributed by atoms with E-state index in [1.54, 1.807) is 12.3 Å². The second-order valence-corrected chi connectivity index (χ2v) is 7.52. The number of ether oxygens (including phenoxy) is 1. The Labute approximate surface area is 181 Å². The third kappa shape index (κ3) is 4.92. The maximum Gasteiger partial charge on any atom is 0.223 e. The molecule has 2 N–H and O–H groups in total. The number of fused-ring (bicyclic) bond motifs is 1. The van der Waals surface area contributed by atoms with Gasteiger partial charge in [-0.05, 0) is 31.7 Å². The number of likely N-dealkylation sites (N-methyl/N-ethyl adjacent to an activating group) is 1. The number of nitriles is 1. The van der Waals surface area contributed by atoms with E-state index in [1.165, 1.54) is 0 Å². The van der Waals surface area contributed by atoms with Crippen LogP contribution in [0.5, 0.6) is 5.75 Å². The maximum absolute atomic E-state index is 12.3. The summed E-state index contributed by atoms with van der Waals surface area (Å²) in [4.78, 5) is 25.1. The van der Waals surface area contributed by atoms with Crippen LogP contribution in [0.4, 0.5) is 11.6 Å². The summed E-state index contributed by atoms with van der Waals surface area (Å²) < 4.78 is 5.76. The van der Waals surface area contributed by atoms with Crippen LogP contribution in [0.2, 0.25) is 0 Å². The van der Waals surface area contributed by atoms with E-state index in [-0.39, 0.29) is 5.91 Å². The Kier molecular flexibility index (Phi) is 6.29. The molecule has 160 valence electrons. The summed E-state index contributed by atoms with van der Waals surface area (Å²) in [6.07, 6.45) is 2.77. The minimum absolute atomic E-state index is 0.185. The monoisotopic (exact) mass is 419 g/mol. The lowest BCUT2D eigenvalue weighted by Gasteiger charge is -2.32. The van der Waals surface area contributed by atoms with E-state index >= 15 is 0 Å². The SMILES string of the molecule is CN1CCN(C(=O)CCCNc2nccc(/C(C#N)=C3/Nc4ccccc4O3)n2)CC1. The number of piperazine rings is 1. The molecule has 2 aliphatic heterocycles. The molecule has 1 amide bonds. The van der Waals surface area contributed by atoms with Gasteiger partial charge in [-0.1, -0.05) is 12.1 Å². The highest BCUT2D eigenvalue weighted by molar-refractivity contribution is 5.81. The molecule has 31 heavy (non-hydrogen) atoms. The summed E-state index contributed by atoms with van der Waals surface area (Å²) in [7, 11) is 2.07. The van der Waals surface area contributed by atoms with Gasteiger partial charge in [0.1, 0.15) is 11.6 Å². The minimum Gasteiger partial charge on any atom is -0.437 e. The molecule has 0 spiro atoms. The Morgan fingerprint density at radius 2 is 2.06 bits per heavy atom. The molecule has 9 nitrogen and oxygen atoms in total. The molecule has 4 rings (SSSR count). The van der Waals surface area contributed by atoms with Crippen molar-refractivity contribution < 1.29 is 9.53 Å². The number of allylic oxidation sites excluding steroid dienone is 1. The number of para-hydroxylation sites is 2. The average molecular weight is 419 g/mol. The van der Waals surface area contributed by atoms with Crippen LogP contribution in [0.15, 0.2) is 42.4 Å². The van der Waals surface area contributed by atoms with Crippen molar-refractivity contribution in [2.45, 2.75) is 12.8 Å². The first-order valence-electron chi connectivity index (χ1n) is 10.4. The van der Waals surface area contributed by atoms with Crippen molar-refractivity contribution in [3.8, 4) is 11.8 Å². The topological polar surface area (TPSA) is 106 Å². The zero-order valence-electron chi connectivity index (χ0n) is 17.5. The summed E-state index contributed by atoms with van der Waals surface area (Å²) in [5.41, 5.74) is 1.57. The second-order valence-electron chi connectivity index (χ2n) is 7.52. The van der Waals surface area contributed by atoms with Crippen LogP contribution in [0, 0.1) is 11.3 Å². The number of hydrogen-bond donors (Lipinski definition) is 2. The molecule has 0 atom stereocenters. The highest BCUT2D eigenvalue weighted by Crippen LogP contribution is 2.35. The van der Waals surface area contributed by atoms with Crippen LogP contribution in [-0.4, -0.2) is 65.4 Å². The largest absolute Gasteiger partial charge is 0.437 e. The average Bonchev–Trinajstić information content (AvgIpc) is 3.21. The summed E-state index contributed by atoms with van der Waals surface area (Å²) in [5.74, 6) is 1.62. The van der Waals surface area contributed by atoms with Gasteiger partial charge < -0.3 is 25.2 Å². The summed E-state index contributed by atoms with van der Waals surface area (Å²) in [5, 5.41) is 15.9. The van der Waals surface area contributed by atoms with Gasteiger partial charge in [0.05, 0.1) is 11.4 Å².